The van der Waals surface area contributed by atoms with Crippen LogP contribution in [0, 0.1) is 0 Å². The fourth-order valence-corrected chi connectivity index (χ4v) is 2.54. The van der Waals surface area contributed by atoms with E-state index in [-0.39, 0.29) is 25.1 Å². The van der Waals surface area contributed by atoms with Crippen LogP contribution in [0.15, 0.2) is 41.3 Å². The van der Waals surface area contributed by atoms with Gasteiger partial charge in [-0.3, -0.25) is 14.6 Å². The second kappa shape index (κ2) is 6.48. The van der Waals surface area contributed by atoms with Gasteiger partial charge in [-0.2, -0.15) is 0 Å². The van der Waals surface area contributed by atoms with Gasteiger partial charge in [0.25, 0.3) is 17.4 Å². The predicted molar refractivity (Wildman–Crippen MR) is 84.0 cm³/mol. The number of piperidine rings is 1. The number of aromatic amines is 1. The summed E-state index contributed by atoms with van der Waals surface area (Å²) in [5, 5.41) is 5.04. The topological polar surface area (TPSA) is 86.9 Å². The maximum Gasteiger partial charge on any atom is 0.270 e. The van der Waals surface area contributed by atoms with E-state index < -0.39 is 23.4 Å². The second-order valence-corrected chi connectivity index (χ2v) is 5.57. The minimum absolute atomic E-state index is 0.0390. The normalized spacial score (nSPS) is 19.7. The molecule has 3 rings (SSSR count). The van der Waals surface area contributed by atoms with Crippen molar-refractivity contribution in [1.29, 1.82) is 0 Å². The minimum Gasteiger partial charge on any atom is -0.342 e. The number of alkyl halides is 2. The summed E-state index contributed by atoms with van der Waals surface area (Å²) in [6, 6.07) is 6.71. The van der Waals surface area contributed by atoms with Gasteiger partial charge in [-0.15, -0.1) is 0 Å². The Morgan fingerprint density at radius 1 is 1.29 bits per heavy atom. The molecule has 0 aliphatic carbocycles. The van der Waals surface area contributed by atoms with Gasteiger partial charge >= 0.3 is 0 Å². The molecule has 0 spiro atoms. The van der Waals surface area contributed by atoms with Gasteiger partial charge in [-0.05, 0) is 24.3 Å². The van der Waals surface area contributed by atoms with Crippen LogP contribution in [0.4, 0.5) is 8.78 Å². The molecule has 1 aliphatic heterocycles. The molecule has 3 N–H and O–H groups in total. The zero-order valence-electron chi connectivity index (χ0n) is 12.7. The average Bonchev–Trinajstić information content (AvgIpc) is 2.57. The fraction of sp³-hybridized carbons (Fsp3) is 0.312. The predicted octanol–water partition coefficient (Wildman–Crippen LogP) is 1.16. The van der Waals surface area contributed by atoms with Crippen molar-refractivity contribution in [2.45, 2.75) is 18.4 Å². The second-order valence-electron chi connectivity index (χ2n) is 5.57. The molecule has 0 bridgehead atoms. The van der Waals surface area contributed by atoms with E-state index in [2.05, 4.69) is 20.6 Å². The number of nitrogens with zero attached hydrogens (tertiary/aromatic N) is 1. The van der Waals surface area contributed by atoms with Crippen LogP contribution < -0.4 is 16.2 Å². The monoisotopic (exact) mass is 334 g/mol. The van der Waals surface area contributed by atoms with E-state index in [0.29, 0.717) is 11.4 Å². The molecule has 126 valence electrons. The number of H-pyrrole nitrogens is 1. The van der Waals surface area contributed by atoms with E-state index in [1.54, 1.807) is 24.4 Å². The number of aromatic nitrogens is 2. The molecule has 0 aromatic carbocycles. The van der Waals surface area contributed by atoms with Crippen LogP contribution in [-0.2, 0) is 0 Å². The van der Waals surface area contributed by atoms with Gasteiger partial charge in [0.15, 0.2) is 0 Å². The number of rotatable bonds is 3. The molecule has 1 amide bonds. The van der Waals surface area contributed by atoms with Crippen molar-refractivity contribution >= 4 is 5.91 Å². The lowest BCUT2D eigenvalue weighted by molar-refractivity contribution is -0.0542. The maximum atomic E-state index is 13.8. The zero-order valence-corrected chi connectivity index (χ0v) is 12.7. The number of hydrogen-bond donors (Lipinski definition) is 3. The molecule has 24 heavy (non-hydrogen) atoms. The number of nitrogens with one attached hydrogen (secondary N) is 3. The summed E-state index contributed by atoms with van der Waals surface area (Å²) in [6.07, 6.45) is 1.22. The van der Waals surface area contributed by atoms with Gasteiger partial charge in [0.05, 0.1) is 11.4 Å². The number of pyridine rings is 2. The largest absolute Gasteiger partial charge is 0.342 e. The highest BCUT2D eigenvalue weighted by atomic mass is 19.3. The van der Waals surface area contributed by atoms with Crippen molar-refractivity contribution in [3.8, 4) is 11.4 Å². The van der Waals surface area contributed by atoms with E-state index in [4.69, 9.17) is 0 Å². The molecule has 0 saturated carbocycles. The van der Waals surface area contributed by atoms with Gasteiger partial charge in [0.2, 0.25) is 0 Å². The third-order valence-corrected chi connectivity index (χ3v) is 3.89. The van der Waals surface area contributed by atoms with Crippen LogP contribution >= 0.6 is 0 Å². The Morgan fingerprint density at radius 3 is 2.79 bits per heavy atom. The summed E-state index contributed by atoms with van der Waals surface area (Å²) < 4.78 is 27.6. The highest BCUT2D eigenvalue weighted by Gasteiger charge is 2.42. The molecule has 1 fully saturated rings. The first-order valence-electron chi connectivity index (χ1n) is 7.51. The highest BCUT2D eigenvalue weighted by molar-refractivity contribution is 5.94. The van der Waals surface area contributed by atoms with Crippen LogP contribution in [0.3, 0.4) is 0 Å². The minimum atomic E-state index is -3.00. The van der Waals surface area contributed by atoms with Crippen molar-refractivity contribution in [3.63, 3.8) is 0 Å². The quantitative estimate of drug-likeness (QED) is 0.786. The van der Waals surface area contributed by atoms with E-state index in [9.17, 15) is 18.4 Å². The van der Waals surface area contributed by atoms with Crippen LogP contribution in [0.25, 0.3) is 11.4 Å². The molecule has 1 saturated heterocycles. The number of amides is 1. The Kier molecular flexibility index (Phi) is 4.39. The smallest absolute Gasteiger partial charge is 0.270 e. The third kappa shape index (κ3) is 3.33. The van der Waals surface area contributed by atoms with Crippen molar-refractivity contribution in [1.82, 2.24) is 20.6 Å². The molecule has 1 atom stereocenters. The standard InChI is InChI=1S/C16H16F2N4O2/c17-16(18)6-8-19-9-13(16)22-15(24)10-4-5-12(21-14(10)23)11-3-1-2-7-20-11/h1-5,7,13,19H,6,8-9H2,(H,21,23)(H,22,24). The first kappa shape index (κ1) is 16.3. The highest BCUT2D eigenvalue weighted by Crippen LogP contribution is 2.25. The lowest BCUT2D eigenvalue weighted by Gasteiger charge is -2.32. The Morgan fingerprint density at radius 2 is 2.12 bits per heavy atom. The van der Waals surface area contributed by atoms with Gasteiger partial charge < -0.3 is 15.6 Å². The van der Waals surface area contributed by atoms with Crippen molar-refractivity contribution in [2.75, 3.05) is 13.1 Å². The van der Waals surface area contributed by atoms with Crippen LogP contribution in [0.1, 0.15) is 16.8 Å². The van der Waals surface area contributed by atoms with Crippen molar-refractivity contribution < 1.29 is 13.6 Å². The number of carbonyl (C=O) groups excluding carboxylic acids is 1. The Bertz CT molecular complexity index is 792. The Hall–Kier alpha value is -2.61. The van der Waals surface area contributed by atoms with Crippen LogP contribution in [-0.4, -0.2) is 40.9 Å². The van der Waals surface area contributed by atoms with E-state index in [1.165, 1.54) is 12.1 Å². The molecule has 0 radical (unpaired) electrons. The molecule has 1 unspecified atom stereocenters. The summed E-state index contributed by atoms with van der Waals surface area (Å²) >= 11 is 0. The van der Waals surface area contributed by atoms with Crippen LogP contribution in [0.2, 0.25) is 0 Å². The molecule has 1 aliphatic rings. The lowest BCUT2D eigenvalue weighted by atomic mass is 10.0. The fourth-order valence-electron chi connectivity index (χ4n) is 2.54. The van der Waals surface area contributed by atoms with Gasteiger partial charge in [0.1, 0.15) is 11.6 Å². The summed E-state index contributed by atoms with van der Waals surface area (Å²) in [4.78, 5) is 30.9. The molecule has 8 heteroatoms. The SMILES string of the molecule is O=C(NC1CNCCC1(F)F)c1ccc(-c2ccccn2)[nH]c1=O. The molecular formula is C16H16F2N4O2. The lowest BCUT2D eigenvalue weighted by Crippen LogP contribution is -2.57. The van der Waals surface area contributed by atoms with Crippen molar-refractivity contribution in [2.24, 2.45) is 0 Å². The zero-order chi connectivity index (χ0) is 17.2. The van der Waals surface area contributed by atoms with Crippen LogP contribution in [0.5, 0.6) is 0 Å². The maximum absolute atomic E-state index is 13.8. The summed E-state index contributed by atoms with van der Waals surface area (Å²) in [7, 11) is 0. The molecular weight excluding hydrogens is 318 g/mol. The Labute approximate surface area is 136 Å². The first-order chi connectivity index (χ1) is 11.5. The number of hydrogen-bond acceptors (Lipinski definition) is 4. The van der Waals surface area contributed by atoms with Gasteiger partial charge in [0, 0.05) is 25.7 Å². The number of halogens is 2. The average molecular weight is 334 g/mol. The molecule has 6 nitrogen and oxygen atoms in total. The molecule has 3 heterocycles. The third-order valence-electron chi connectivity index (χ3n) is 3.89. The van der Waals surface area contributed by atoms with Gasteiger partial charge in [-0.1, -0.05) is 6.07 Å². The van der Waals surface area contributed by atoms with E-state index in [0.717, 1.165) is 0 Å². The van der Waals surface area contributed by atoms with E-state index >= 15 is 0 Å². The number of carbonyl (C=O) groups is 1. The first-order valence-corrected chi connectivity index (χ1v) is 7.51. The Balaban J connectivity index is 1.80. The molecule has 2 aromatic rings. The molecule has 2 aromatic heterocycles. The van der Waals surface area contributed by atoms with Crippen molar-refractivity contribution in [3.05, 3.63) is 52.4 Å². The summed E-state index contributed by atoms with van der Waals surface area (Å²) in [6.45, 7) is 0.154. The summed E-state index contributed by atoms with van der Waals surface area (Å²) in [5.74, 6) is -3.82. The van der Waals surface area contributed by atoms with Gasteiger partial charge in [-0.25, -0.2) is 8.78 Å². The summed E-state index contributed by atoms with van der Waals surface area (Å²) in [5.41, 5.74) is 0.130. The van der Waals surface area contributed by atoms with E-state index in [1.807, 2.05) is 0 Å².